The fraction of sp³-hybridized carbons (Fsp3) is 0.261. The van der Waals surface area contributed by atoms with Gasteiger partial charge in [-0.25, -0.2) is 0 Å². The molecule has 2 aromatic carbocycles. The van der Waals surface area contributed by atoms with Crippen molar-refractivity contribution in [3.05, 3.63) is 72.1 Å². The van der Waals surface area contributed by atoms with Gasteiger partial charge >= 0.3 is 0 Å². The van der Waals surface area contributed by atoms with E-state index in [9.17, 15) is 9.59 Å². The molecule has 3 aromatic rings. The van der Waals surface area contributed by atoms with Crippen LogP contribution >= 0.6 is 0 Å². The number of aromatic nitrogens is 2. The van der Waals surface area contributed by atoms with Gasteiger partial charge in [0.15, 0.2) is 0 Å². The van der Waals surface area contributed by atoms with Gasteiger partial charge in [-0.3, -0.25) is 14.3 Å². The minimum Gasteiger partial charge on any atom is -0.339 e. The molecule has 0 saturated carbocycles. The largest absolute Gasteiger partial charge is 0.339 e. The Morgan fingerprint density at radius 3 is 2.52 bits per heavy atom. The van der Waals surface area contributed by atoms with Crippen molar-refractivity contribution in [1.82, 2.24) is 14.7 Å². The van der Waals surface area contributed by atoms with Gasteiger partial charge < -0.3 is 10.2 Å². The zero-order valence-corrected chi connectivity index (χ0v) is 16.5. The van der Waals surface area contributed by atoms with Crippen LogP contribution in [-0.4, -0.2) is 39.6 Å². The summed E-state index contributed by atoms with van der Waals surface area (Å²) in [5, 5.41) is 7.23. The Morgan fingerprint density at radius 2 is 1.76 bits per heavy atom. The van der Waals surface area contributed by atoms with Crippen LogP contribution in [0.25, 0.3) is 11.1 Å². The minimum atomic E-state index is -0.211. The van der Waals surface area contributed by atoms with E-state index in [1.807, 2.05) is 60.5 Å². The number of rotatable bonds is 5. The summed E-state index contributed by atoms with van der Waals surface area (Å²) >= 11 is 0. The minimum absolute atomic E-state index is 0.0213. The van der Waals surface area contributed by atoms with Crippen molar-refractivity contribution >= 4 is 17.5 Å². The lowest BCUT2D eigenvalue weighted by atomic mass is 10.1. The second-order valence-electron chi connectivity index (χ2n) is 7.34. The Kier molecular flexibility index (Phi) is 5.42. The standard InChI is InChI=1S/C23H24N4O2/c1-17-8-7-11-20(23(29)26-12-5-6-13-26)22(17)25-21(28)16-27-15-19(14-24-27)18-9-3-2-4-10-18/h2-4,7-11,14-15H,5-6,12-13,16H2,1H3,(H,25,28). The van der Waals surface area contributed by atoms with Crippen LogP contribution in [0, 0.1) is 6.92 Å². The molecule has 0 atom stereocenters. The molecule has 2 heterocycles. The summed E-state index contributed by atoms with van der Waals surface area (Å²) in [5.74, 6) is -0.232. The number of benzene rings is 2. The summed E-state index contributed by atoms with van der Waals surface area (Å²) in [6, 6.07) is 15.4. The molecule has 29 heavy (non-hydrogen) atoms. The lowest BCUT2D eigenvalue weighted by Crippen LogP contribution is -2.29. The topological polar surface area (TPSA) is 67.2 Å². The van der Waals surface area contributed by atoms with Crippen LogP contribution in [-0.2, 0) is 11.3 Å². The van der Waals surface area contributed by atoms with Gasteiger partial charge in [-0.15, -0.1) is 0 Å². The zero-order valence-electron chi connectivity index (χ0n) is 16.5. The van der Waals surface area contributed by atoms with Gasteiger partial charge in [-0.1, -0.05) is 42.5 Å². The number of likely N-dealkylation sites (tertiary alicyclic amines) is 1. The first-order valence-electron chi connectivity index (χ1n) is 9.88. The molecule has 1 aliphatic rings. The Balaban J connectivity index is 1.49. The quantitative estimate of drug-likeness (QED) is 0.724. The lowest BCUT2D eigenvalue weighted by molar-refractivity contribution is -0.116. The van der Waals surface area contributed by atoms with E-state index in [4.69, 9.17) is 0 Å². The number of nitrogens with zero attached hydrogens (tertiary/aromatic N) is 3. The summed E-state index contributed by atoms with van der Waals surface area (Å²) in [7, 11) is 0. The molecule has 1 aromatic heterocycles. The highest BCUT2D eigenvalue weighted by atomic mass is 16.2. The van der Waals surface area contributed by atoms with Crippen molar-refractivity contribution in [2.45, 2.75) is 26.3 Å². The third-order valence-corrected chi connectivity index (χ3v) is 5.21. The monoisotopic (exact) mass is 388 g/mol. The van der Waals surface area contributed by atoms with E-state index in [-0.39, 0.29) is 18.4 Å². The first-order chi connectivity index (χ1) is 14.1. The van der Waals surface area contributed by atoms with Gasteiger partial charge in [-0.05, 0) is 37.0 Å². The summed E-state index contributed by atoms with van der Waals surface area (Å²) in [5.41, 5.74) is 4.01. The highest BCUT2D eigenvalue weighted by Crippen LogP contribution is 2.24. The Bertz CT molecular complexity index is 1020. The molecular formula is C23H24N4O2. The van der Waals surface area contributed by atoms with E-state index in [0.29, 0.717) is 11.3 Å². The van der Waals surface area contributed by atoms with E-state index in [1.54, 1.807) is 16.9 Å². The maximum atomic E-state index is 12.9. The molecule has 4 rings (SSSR count). The molecule has 6 heteroatoms. The predicted molar refractivity (Wildman–Crippen MR) is 113 cm³/mol. The van der Waals surface area contributed by atoms with Gasteiger partial charge in [0.05, 0.1) is 17.4 Å². The van der Waals surface area contributed by atoms with Crippen molar-refractivity contribution in [2.75, 3.05) is 18.4 Å². The number of carbonyl (C=O) groups is 2. The third kappa shape index (κ3) is 4.21. The van der Waals surface area contributed by atoms with Crippen LogP contribution in [0.2, 0.25) is 0 Å². The second kappa shape index (κ2) is 8.31. The summed E-state index contributed by atoms with van der Waals surface area (Å²) in [4.78, 5) is 27.4. The van der Waals surface area contributed by atoms with Crippen LogP contribution in [0.3, 0.4) is 0 Å². The van der Waals surface area contributed by atoms with E-state index in [0.717, 1.165) is 42.6 Å². The summed E-state index contributed by atoms with van der Waals surface area (Å²) in [6.07, 6.45) is 5.66. The van der Waals surface area contributed by atoms with Gasteiger partial charge in [0, 0.05) is 24.8 Å². The average molecular weight is 388 g/mol. The normalized spacial score (nSPS) is 13.5. The molecule has 0 unspecified atom stereocenters. The van der Waals surface area contributed by atoms with Gasteiger partial charge in [0.2, 0.25) is 5.91 Å². The highest BCUT2D eigenvalue weighted by Gasteiger charge is 2.23. The zero-order chi connectivity index (χ0) is 20.2. The van der Waals surface area contributed by atoms with E-state index in [2.05, 4.69) is 10.4 Å². The summed E-state index contributed by atoms with van der Waals surface area (Å²) in [6.45, 7) is 3.53. The predicted octanol–water partition coefficient (Wildman–Crippen LogP) is 3.73. The van der Waals surface area contributed by atoms with Gasteiger partial charge in [0.25, 0.3) is 5.91 Å². The molecule has 1 N–H and O–H groups in total. The number of nitrogens with one attached hydrogen (secondary N) is 1. The molecule has 1 saturated heterocycles. The Hall–Kier alpha value is -3.41. The van der Waals surface area contributed by atoms with Crippen LogP contribution in [0.5, 0.6) is 0 Å². The maximum Gasteiger partial charge on any atom is 0.255 e. The van der Waals surface area contributed by atoms with Crippen molar-refractivity contribution < 1.29 is 9.59 Å². The van der Waals surface area contributed by atoms with Crippen LogP contribution in [0.1, 0.15) is 28.8 Å². The second-order valence-corrected chi connectivity index (χ2v) is 7.34. The number of amides is 2. The molecule has 0 radical (unpaired) electrons. The van der Waals surface area contributed by atoms with Crippen LogP contribution in [0.15, 0.2) is 60.9 Å². The third-order valence-electron chi connectivity index (χ3n) is 5.21. The number of hydrogen-bond acceptors (Lipinski definition) is 3. The number of carbonyl (C=O) groups excluding carboxylic acids is 2. The Morgan fingerprint density at radius 1 is 1.00 bits per heavy atom. The molecule has 0 aliphatic carbocycles. The number of aryl methyl sites for hydroxylation is 1. The fourth-order valence-corrected chi connectivity index (χ4v) is 3.66. The summed E-state index contributed by atoms with van der Waals surface area (Å²) < 4.78 is 1.61. The lowest BCUT2D eigenvalue weighted by Gasteiger charge is -2.19. The maximum absolute atomic E-state index is 12.9. The SMILES string of the molecule is Cc1cccc(C(=O)N2CCCC2)c1NC(=O)Cn1cc(-c2ccccc2)cn1. The average Bonchev–Trinajstić information content (AvgIpc) is 3.42. The molecule has 0 spiro atoms. The Labute approximate surface area is 170 Å². The molecule has 0 bridgehead atoms. The van der Waals surface area contributed by atoms with Gasteiger partial charge in [-0.2, -0.15) is 5.10 Å². The number of anilines is 1. The van der Waals surface area contributed by atoms with Crippen molar-refractivity contribution in [2.24, 2.45) is 0 Å². The molecule has 6 nitrogen and oxygen atoms in total. The number of para-hydroxylation sites is 1. The smallest absolute Gasteiger partial charge is 0.255 e. The van der Waals surface area contributed by atoms with E-state index in [1.165, 1.54) is 0 Å². The van der Waals surface area contributed by atoms with Crippen LogP contribution < -0.4 is 5.32 Å². The van der Waals surface area contributed by atoms with E-state index >= 15 is 0 Å². The molecule has 148 valence electrons. The molecule has 1 fully saturated rings. The van der Waals surface area contributed by atoms with Crippen molar-refractivity contribution in [3.8, 4) is 11.1 Å². The van der Waals surface area contributed by atoms with E-state index < -0.39 is 0 Å². The van der Waals surface area contributed by atoms with Crippen molar-refractivity contribution in [3.63, 3.8) is 0 Å². The highest BCUT2D eigenvalue weighted by molar-refractivity contribution is 6.04. The molecular weight excluding hydrogens is 364 g/mol. The number of hydrogen-bond donors (Lipinski definition) is 1. The molecule has 2 amide bonds. The molecule has 1 aliphatic heterocycles. The van der Waals surface area contributed by atoms with Crippen molar-refractivity contribution in [1.29, 1.82) is 0 Å². The van der Waals surface area contributed by atoms with Gasteiger partial charge in [0.1, 0.15) is 6.54 Å². The van der Waals surface area contributed by atoms with Crippen LogP contribution in [0.4, 0.5) is 5.69 Å². The first-order valence-corrected chi connectivity index (χ1v) is 9.88. The fourth-order valence-electron chi connectivity index (χ4n) is 3.66. The first kappa shape index (κ1) is 18.9.